The minimum atomic E-state index is -0.944. The van der Waals surface area contributed by atoms with Crippen molar-refractivity contribution in [2.24, 2.45) is 5.92 Å². The number of likely N-dealkylation sites (tertiary alicyclic amines) is 1. The van der Waals surface area contributed by atoms with Crippen molar-refractivity contribution in [3.63, 3.8) is 0 Å². The van der Waals surface area contributed by atoms with E-state index in [0.717, 1.165) is 44.3 Å². The lowest BCUT2D eigenvalue weighted by Gasteiger charge is -2.32. The maximum absolute atomic E-state index is 12.0. The van der Waals surface area contributed by atoms with Gasteiger partial charge in [0.1, 0.15) is 0 Å². The summed E-state index contributed by atoms with van der Waals surface area (Å²) in [6.07, 6.45) is 6.99. The Kier molecular flexibility index (Phi) is 3.42. The van der Waals surface area contributed by atoms with E-state index in [1.165, 1.54) is 6.20 Å². The van der Waals surface area contributed by atoms with Crippen LogP contribution in [-0.2, 0) is 4.79 Å². The molecule has 0 spiro atoms. The van der Waals surface area contributed by atoms with E-state index in [-0.39, 0.29) is 11.5 Å². The molecule has 5 nitrogen and oxygen atoms in total. The summed E-state index contributed by atoms with van der Waals surface area (Å²) in [6.45, 7) is 1.55. The van der Waals surface area contributed by atoms with Crippen LogP contribution in [0.15, 0.2) is 18.5 Å². The second kappa shape index (κ2) is 5.23. The Bertz CT molecular complexity index is 532. The van der Waals surface area contributed by atoms with E-state index in [2.05, 4.69) is 4.98 Å². The summed E-state index contributed by atoms with van der Waals surface area (Å²) in [7, 11) is 0. The first-order valence-electron chi connectivity index (χ1n) is 7.12. The maximum Gasteiger partial charge on any atom is 0.337 e. The monoisotopic (exact) mass is 274 g/mol. The zero-order valence-electron chi connectivity index (χ0n) is 11.3. The van der Waals surface area contributed by atoms with E-state index in [4.69, 9.17) is 5.11 Å². The van der Waals surface area contributed by atoms with Gasteiger partial charge in [0.05, 0.1) is 5.56 Å². The largest absolute Gasteiger partial charge is 0.478 e. The third-order valence-corrected chi connectivity index (χ3v) is 4.21. The second-order valence-corrected chi connectivity index (χ2v) is 5.69. The number of carbonyl (C=O) groups is 2. The standard InChI is InChI=1S/C15H18N2O3/c18-14(11-1-2-11)17-5-3-10(4-6-17)12-7-13(15(19)20)9-16-8-12/h7-11H,1-6H2,(H,19,20). The first-order valence-corrected chi connectivity index (χ1v) is 7.12. The lowest BCUT2D eigenvalue weighted by Crippen LogP contribution is -2.38. The van der Waals surface area contributed by atoms with Crippen LogP contribution in [0.25, 0.3) is 0 Å². The molecule has 20 heavy (non-hydrogen) atoms. The van der Waals surface area contributed by atoms with Crippen LogP contribution in [-0.4, -0.2) is 40.0 Å². The highest BCUT2D eigenvalue weighted by atomic mass is 16.4. The molecule has 5 heteroatoms. The fourth-order valence-electron chi connectivity index (χ4n) is 2.82. The molecule has 2 aliphatic rings. The zero-order chi connectivity index (χ0) is 14.1. The minimum Gasteiger partial charge on any atom is -0.478 e. The molecule has 2 heterocycles. The molecule has 0 aromatic carbocycles. The minimum absolute atomic E-state index is 0.235. The van der Waals surface area contributed by atoms with E-state index >= 15 is 0 Å². The number of hydrogen-bond donors (Lipinski definition) is 1. The number of pyridine rings is 1. The molecule has 0 atom stereocenters. The fourth-order valence-corrected chi connectivity index (χ4v) is 2.82. The molecule has 1 N–H and O–H groups in total. The van der Waals surface area contributed by atoms with E-state index in [1.807, 2.05) is 4.90 Å². The topological polar surface area (TPSA) is 70.5 Å². The van der Waals surface area contributed by atoms with Crippen molar-refractivity contribution in [3.05, 3.63) is 29.6 Å². The molecule has 1 aliphatic heterocycles. The average molecular weight is 274 g/mol. The van der Waals surface area contributed by atoms with Gasteiger partial charge in [-0.05, 0) is 43.2 Å². The Hall–Kier alpha value is -1.91. The Balaban J connectivity index is 1.64. The highest BCUT2D eigenvalue weighted by molar-refractivity contribution is 5.87. The second-order valence-electron chi connectivity index (χ2n) is 5.69. The molecule has 0 unspecified atom stereocenters. The highest BCUT2D eigenvalue weighted by Crippen LogP contribution is 2.34. The van der Waals surface area contributed by atoms with Crippen LogP contribution in [0.4, 0.5) is 0 Å². The summed E-state index contributed by atoms with van der Waals surface area (Å²) >= 11 is 0. The van der Waals surface area contributed by atoms with Crippen LogP contribution in [0, 0.1) is 5.92 Å². The average Bonchev–Trinajstić information content (AvgIpc) is 3.31. The fraction of sp³-hybridized carbons (Fsp3) is 0.533. The van der Waals surface area contributed by atoms with Crippen LogP contribution < -0.4 is 0 Å². The van der Waals surface area contributed by atoms with Gasteiger partial charge < -0.3 is 10.0 Å². The van der Waals surface area contributed by atoms with Crippen LogP contribution in [0.2, 0.25) is 0 Å². The molecule has 2 fully saturated rings. The molecule has 1 saturated heterocycles. The van der Waals surface area contributed by atoms with E-state index in [0.29, 0.717) is 11.8 Å². The van der Waals surface area contributed by atoms with Gasteiger partial charge >= 0.3 is 5.97 Å². The first-order chi connectivity index (χ1) is 9.65. The molecular formula is C15H18N2O3. The van der Waals surface area contributed by atoms with Crippen molar-refractivity contribution in [2.45, 2.75) is 31.6 Å². The number of aromatic carboxylic acids is 1. The number of carboxylic acids is 1. The summed E-state index contributed by atoms with van der Waals surface area (Å²) in [5.74, 6) is -0.0461. The van der Waals surface area contributed by atoms with Gasteiger partial charge in [-0.2, -0.15) is 0 Å². The molecule has 1 saturated carbocycles. The van der Waals surface area contributed by atoms with Gasteiger partial charge in [0, 0.05) is 31.4 Å². The van der Waals surface area contributed by atoms with Crippen LogP contribution >= 0.6 is 0 Å². The summed E-state index contributed by atoms with van der Waals surface area (Å²) in [4.78, 5) is 28.9. The van der Waals surface area contributed by atoms with Crippen molar-refractivity contribution in [1.82, 2.24) is 9.88 Å². The number of piperidine rings is 1. The van der Waals surface area contributed by atoms with Gasteiger partial charge in [-0.15, -0.1) is 0 Å². The molecular weight excluding hydrogens is 256 g/mol. The first kappa shape index (κ1) is 13.1. The Morgan fingerprint density at radius 1 is 1.15 bits per heavy atom. The normalized spacial score (nSPS) is 19.9. The smallest absolute Gasteiger partial charge is 0.337 e. The Morgan fingerprint density at radius 2 is 1.85 bits per heavy atom. The van der Waals surface area contributed by atoms with Gasteiger partial charge in [0.2, 0.25) is 5.91 Å². The van der Waals surface area contributed by atoms with Crippen molar-refractivity contribution in [3.8, 4) is 0 Å². The van der Waals surface area contributed by atoms with Crippen molar-refractivity contribution in [1.29, 1.82) is 0 Å². The van der Waals surface area contributed by atoms with E-state index in [1.54, 1.807) is 12.3 Å². The molecule has 106 valence electrons. The number of amides is 1. The lowest BCUT2D eigenvalue weighted by atomic mass is 9.89. The number of nitrogens with zero attached hydrogens (tertiary/aromatic N) is 2. The van der Waals surface area contributed by atoms with E-state index < -0.39 is 5.97 Å². The molecule has 1 aliphatic carbocycles. The van der Waals surface area contributed by atoms with Gasteiger partial charge in [-0.25, -0.2) is 4.79 Å². The molecule has 0 bridgehead atoms. The summed E-state index contributed by atoms with van der Waals surface area (Å²) in [6, 6.07) is 1.71. The van der Waals surface area contributed by atoms with E-state index in [9.17, 15) is 9.59 Å². The Morgan fingerprint density at radius 3 is 2.45 bits per heavy atom. The Labute approximate surface area is 117 Å². The van der Waals surface area contributed by atoms with Gasteiger partial charge in [0.25, 0.3) is 0 Å². The van der Waals surface area contributed by atoms with Gasteiger partial charge in [0.15, 0.2) is 0 Å². The quantitative estimate of drug-likeness (QED) is 0.913. The predicted octanol–water partition coefficient (Wildman–Crippen LogP) is 1.90. The summed E-state index contributed by atoms with van der Waals surface area (Å²) < 4.78 is 0. The molecule has 3 rings (SSSR count). The molecule has 1 aromatic heterocycles. The third kappa shape index (κ3) is 2.66. The van der Waals surface area contributed by atoms with Gasteiger partial charge in [-0.1, -0.05) is 0 Å². The molecule has 1 amide bonds. The molecule has 0 radical (unpaired) electrons. The van der Waals surface area contributed by atoms with Crippen LogP contribution in [0.3, 0.4) is 0 Å². The molecule has 1 aromatic rings. The van der Waals surface area contributed by atoms with Crippen LogP contribution in [0.1, 0.15) is 47.5 Å². The van der Waals surface area contributed by atoms with Crippen molar-refractivity contribution < 1.29 is 14.7 Å². The summed E-state index contributed by atoms with van der Waals surface area (Å²) in [5.41, 5.74) is 1.21. The lowest BCUT2D eigenvalue weighted by molar-refractivity contribution is -0.133. The number of carbonyl (C=O) groups excluding carboxylic acids is 1. The van der Waals surface area contributed by atoms with Gasteiger partial charge in [-0.3, -0.25) is 9.78 Å². The van der Waals surface area contributed by atoms with Crippen molar-refractivity contribution >= 4 is 11.9 Å². The highest BCUT2D eigenvalue weighted by Gasteiger charge is 2.35. The summed E-state index contributed by atoms with van der Waals surface area (Å²) in [5, 5.41) is 9.00. The number of aromatic nitrogens is 1. The zero-order valence-corrected chi connectivity index (χ0v) is 11.3. The van der Waals surface area contributed by atoms with Crippen molar-refractivity contribution in [2.75, 3.05) is 13.1 Å². The SMILES string of the molecule is O=C(O)c1cncc(C2CCN(C(=O)C3CC3)CC2)c1. The van der Waals surface area contributed by atoms with Crippen LogP contribution in [0.5, 0.6) is 0 Å². The maximum atomic E-state index is 12.0. The number of carboxylic acid groups (broad SMARTS) is 1. The number of rotatable bonds is 3. The number of hydrogen-bond acceptors (Lipinski definition) is 3. The predicted molar refractivity (Wildman–Crippen MR) is 72.5 cm³/mol. The third-order valence-electron chi connectivity index (χ3n) is 4.21.